The molecule has 0 aromatic heterocycles. The number of carbonyl (C=O) groups is 2. The Kier molecular flexibility index (Phi) is 6.21. The van der Waals surface area contributed by atoms with Crippen LogP contribution in [0.1, 0.15) is 24.2 Å². The van der Waals surface area contributed by atoms with E-state index in [-0.39, 0.29) is 24.5 Å². The molecule has 2 amide bonds. The second-order valence-corrected chi connectivity index (χ2v) is 5.85. The summed E-state index contributed by atoms with van der Waals surface area (Å²) in [4.78, 5) is 24.3. The van der Waals surface area contributed by atoms with Crippen LogP contribution in [0.15, 0.2) is 48.5 Å². The van der Waals surface area contributed by atoms with Crippen LogP contribution in [0.2, 0.25) is 5.02 Å². The maximum Gasteiger partial charge on any atom is 0.262 e. The van der Waals surface area contributed by atoms with E-state index < -0.39 is 0 Å². The van der Waals surface area contributed by atoms with E-state index in [1.165, 1.54) is 0 Å². The summed E-state index contributed by atoms with van der Waals surface area (Å²) < 4.78 is 5.39. The predicted molar refractivity (Wildman–Crippen MR) is 94.6 cm³/mol. The van der Waals surface area contributed by atoms with Crippen molar-refractivity contribution in [3.05, 3.63) is 59.1 Å². The van der Waals surface area contributed by atoms with Gasteiger partial charge in [-0.05, 0) is 38.1 Å². The lowest BCUT2D eigenvalue weighted by molar-refractivity contribution is -0.118. The van der Waals surface area contributed by atoms with Crippen molar-refractivity contribution in [2.45, 2.75) is 19.9 Å². The number of halogens is 1. The van der Waals surface area contributed by atoms with Crippen molar-refractivity contribution >= 4 is 29.1 Å². The zero-order chi connectivity index (χ0) is 17.5. The van der Waals surface area contributed by atoms with Crippen molar-refractivity contribution in [2.24, 2.45) is 0 Å². The molecule has 0 aliphatic carbocycles. The number of carbonyl (C=O) groups excluding carboxylic acids is 2. The summed E-state index contributed by atoms with van der Waals surface area (Å²) in [6, 6.07) is 13.7. The summed E-state index contributed by atoms with van der Waals surface area (Å²) in [5, 5.41) is 5.92. The lowest BCUT2D eigenvalue weighted by Gasteiger charge is -2.13. The van der Waals surface area contributed by atoms with Crippen LogP contribution in [0.5, 0.6) is 5.75 Å². The second kappa shape index (κ2) is 8.36. The Bertz CT molecular complexity index is 732. The number of amides is 2. The molecule has 0 bridgehead atoms. The van der Waals surface area contributed by atoms with E-state index in [1.807, 2.05) is 13.8 Å². The van der Waals surface area contributed by atoms with E-state index in [9.17, 15) is 9.59 Å². The van der Waals surface area contributed by atoms with Crippen molar-refractivity contribution in [2.75, 3.05) is 11.9 Å². The van der Waals surface area contributed by atoms with Crippen LogP contribution in [0.3, 0.4) is 0 Å². The number of nitrogens with one attached hydrogen (secondary N) is 2. The van der Waals surface area contributed by atoms with Gasteiger partial charge in [0.15, 0.2) is 6.61 Å². The number of rotatable bonds is 6. The second-order valence-electron chi connectivity index (χ2n) is 5.44. The summed E-state index contributed by atoms with van der Waals surface area (Å²) in [5.74, 6) is -0.187. The molecule has 0 spiro atoms. The van der Waals surface area contributed by atoms with Gasteiger partial charge in [-0.25, -0.2) is 0 Å². The van der Waals surface area contributed by atoms with Gasteiger partial charge in [-0.1, -0.05) is 35.9 Å². The summed E-state index contributed by atoms with van der Waals surface area (Å²) in [5.41, 5.74) is 0.834. The van der Waals surface area contributed by atoms with E-state index >= 15 is 0 Å². The Morgan fingerprint density at radius 1 is 1.08 bits per heavy atom. The van der Waals surface area contributed by atoms with E-state index in [2.05, 4.69) is 10.6 Å². The van der Waals surface area contributed by atoms with Crippen molar-refractivity contribution in [1.82, 2.24) is 5.32 Å². The van der Waals surface area contributed by atoms with Gasteiger partial charge in [0, 0.05) is 6.04 Å². The van der Waals surface area contributed by atoms with Crippen molar-refractivity contribution in [1.29, 1.82) is 0 Å². The molecule has 0 heterocycles. The normalized spacial score (nSPS) is 10.3. The molecule has 2 rings (SSSR count). The summed E-state index contributed by atoms with van der Waals surface area (Å²) in [6.07, 6.45) is 0. The van der Waals surface area contributed by atoms with Gasteiger partial charge in [-0.15, -0.1) is 0 Å². The molecule has 0 fully saturated rings. The summed E-state index contributed by atoms with van der Waals surface area (Å²) in [6.45, 7) is 3.54. The topological polar surface area (TPSA) is 67.4 Å². The number of anilines is 1. The van der Waals surface area contributed by atoms with Crippen LogP contribution in [0.4, 0.5) is 5.69 Å². The van der Waals surface area contributed by atoms with Crippen molar-refractivity contribution < 1.29 is 14.3 Å². The van der Waals surface area contributed by atoms with E-state index in [0.29, 0.717) is 22.0 Å². The van der Waals surface area contributed by atoms with Crippen LogP contribution in [0.25, 0.3) is 0 Å². The van der Waals surface area contributed by atoms with Gasteiger partial charge in [-0.2, -0.15) is 0 Å². The fourth-order valence-corrected chi connectivity index (χ4v) is 2.21. The Labute approximate surface area is 146 Å². The first-order valence-electron chi connectivity index (χ1n) is 7.54. The molecule has 126 valence electrons. The lowest BCUT2D eigenvalue weighted by atomic mass is 10.1. The summed E-state index contributed by atoms with van der Waals surface area (Å²) >= 11 is 5.97. The van der Waals surface area contributed by atoms with Crippen LogP contribution >= 0.6 is 11.6 Å². The molecular weight excluding hydrogens is 328 g/mol. The maximum atomic E-state index is 12.2. The third-order valence-corrected chi connectivity index (χ3v) is 3.37. The van der Waals surface area contributed by atoms with Gasteiger partial charge in [0.05, 0.1) is 16.3 Å². The van der Waals surface area contributed by atoms with Gasteiger partial charge in [0.1, 0.15) is 5.75 Å². The summed E-state index contributed by atoms with van der Waals surface area (Å²) in [7, 11) is 0. The van der Waals surface area contributed by atoms with E-state index in [1.54, 1.807) is 48.5 Å². The van der Waals surface area contributed by atoms with Gasteiger partial charge >= 0.3 is 0 Å². The number of ether oxygens (including phenoxy) is 1. The van der Waals surface area contributed by atoms with Gasteiger partial charge < -0.3 is 15.4 Å². The molecule has 0 saturated carbocycles. The highest BCUT2D eigenvalue weighted by Crippen LogP contribution is 2.23. The van der Waals surface area contributed by atoms with Crippen molar-refractivity contribution in [3.8, 4) is 5.75 Å². The fraction of sp³-hybridized carbons (Fsp3) is 0.222. The maximum absolute atomic E-state index is 12.2. The number of hydrogen-bond acceptors (Lipinski definition) is 3. The smallest absolute Gasteiger partial charge is 0.262 e. The highest BCUT2D eigenvalue weighted by molar-refractivity contribution is 6.32. The van der Waals surface area contributed by atoms with E-state index in [4.69, 9.17) is 16.3 Å². The minimum atomic E-state index is -0.375. The zero-order valence-electron chi connectivity index (χ0n) is 13.5. The third kappa shape index (κ3) is 4.99. The average Bonchev–Trinajstić information content (AvgIpc) is 2.54. The van der Waals surface area contributed by atoms with E-state index in [0.717, 1.165) is 0 Å². The largest absolute Gasteiger partial charge is 0.482 e. The lowest BCUT2D eigenvalue weighted by Crippen LogP contribution is -2.31. The Morgan fingerprint density at radius 2 is 1.75 bits per heavy atom. The zero-order valence-corrected chi connectivity index (χ0v) is 14.3. The minimum absolute atomic E-state index is 0.00446. The van der Waals surface area contributed by atoms with Gasteiger partial charge in [0.25, 0.3) is 11.8 Å². The minimum Gasteiger partial charge on any atom is -0.482 e. The third-order valence-electron chi connectivity index (χ3n) is 3.06. The van der Waals surface area contributed by atoms with Crippen LogP contribution in [-0.2, 0) is 4.79 Å². The molecule has 2 aromatic carbocycles. The number of benzene rings is 2. The highest BCUT2D eigenvalue weighted by Gasteiger charge is 2.14. The predicted octanol–water partition coefficient (Wildman–Crippen LogP) is 3.50. The molecule has 0 aliphatic heterocycles. The molecule has 2 aromatic rings. The quantitative estimate of drug-likeness (QED) is 0.841. The molecule has 6 heteroatoms. The van der Waals surface area contributed by atoms with Gasteiger partial charge in [-0.3, -0.25) is 9.59 Å². The Morgan fingerprint density at radius 3 is 2.46 bits per heavy atom. The molecular formula is C18H19ClN2O3. The fourth-order valence-electron chi connectivity index (χ4n) is 2.02. The first kappa shape index (κ1) is 17.8. The monoisotopic (exact) mass is 346 g/mol. The van der Waals surface area contributed by atoms with Crippen LogP contribution in [-0.4, -0.2) is 24.5 Å². The molecule has 0 saturated heterocycles. The SMILES string of the molecule is CC(C)NC(=O)c1ccccc1NC(=O)COc1ccccc1Cl. The molecule has 0 atom stereocenters. The Hall–Kier alpha value is -2.53. The average molecular weight is 347 g/mol. The molecule has 2 N–H and O–H groups in total. The standard InChI is InChI=1S/C18H19ClN2O3/c1-12(2)20-18(23)13-7-3-5-9-15(13)21-17(22)11-24-16-10-6-4-8-14(16)19/h3-10,12H,11H2,1-2H3,(H,20,23)(H,21,22). The first-order chi connectivity index (χ1) is 11.5. The molecule has 0 radical (unpaired) electrons. The van der Waals surface area contributed by atoms with Gasteiger partial charge in [0.2, 0.25) is 0 Å². The number of para-hydroxylation sites is 2. The molecule has 0 aliphatic rings. The first-order valence-corrected chi connectivity index (χ1v) is 7.92. The molecule has 0 unspecified atom stereocenters. The molecule has 24 heavy (non-hydrogen) atoms. The number of hydrogen-bond donors (Lipinski definition) is 2. The van der Waals surface area contributed by atoms with Crippen molar-refractivity contribution in [3.63, 3.8) is 0 Å². The highest BCUT2D eigenvalue weighted by atomic mass is 35.5. The molecule has 5 nitrogen and oxygen atoms in total. The Balaban J connectivity index is 2.01. The van der Waals surface area contributed by atoms with Crippen LogP contribution < -0.4 is 15.4 Å². The van der Waals surface area contributed by atoms with Crippen LogP contribution in [0, 0.1) is 0 Å².